The predicted octanol–water partition coefficient (Wildman–Crippen LogP) is 3.92. The van der Waals surface area contributed by atoms with Gasteiger partial charge in [0.25, 0.3) is 10.1 Å². The molecule has 19 heavy (non-hydrogen) atoms. The zero-order valence-corrected chi connectivity index (χ0v) is 12.9. The number of rotatable bonds is 8. The molecular formula is C15H24O3S. The summed E-state index contributed by atoms with van der Waals surface area (Å²) in [7, 11) is -3.58. The van der Waals surface area contributed by atoms with E-state index in [0.717, 1.165) is 24.8 Å². The Kier molecular flexibility index (Phi) is 6.52. The van der Waals surface area contributed by atoms with Crippen LogP contribution < -0.4 is 0 Å². The Hall–Kier alpha value is -0.870. The zero-order valence-electron chi connectivity index (χ0n) is 12.1. The van der Waals surface area contributed by atoms with Gasteiger partial charge < -0.3 is 0 Å². The Morgan fingerprint density at radius 1 is 1.05 bits per heavy atom. The average Bonchev–Trinajstić information content (AvgIpc) is 2.34. The predicted molar refractivity (Wildman–Crippen MR) is 77.6 cm³/mol. The number of benzene rings is 1. The quantitative estimate of drug-likeness (QED) is 0.537. The van der Waals surface area contributed by atoms with Crippen molar-refractivity contribution in [1.82, 2.24) is 0 Å². The molecule has 0 radical (unpaired) electrons. The molecule has 0 saturated heterocycles. The molecule has 0 N–H and O–H groups in total. The van der Waals surface area contributed by atoms with Crippen molar-refractivity contribution >= 4 is 10.1 Å². The Balaban J connectivity index is 2.33. The van der Waals surface area contributed by atoms with E-state index in [0.29, 0.717) is 5.92 Å². The van der Waals surface area contributed by atoms with Gasteiger partial charge in [0.1, 0.15) is 0 Å². The van der Waals surface area contributed by atoms with Gasteiger partial charge >= 0.3 is 0 Å². The van der Waals surface area contributed by atoms with E-state index in [9.17, 15) is 8.42 Å². The standard InChI is InChI=1S/C15H24O3S/c1-13(2)7-5-4-6-12-18-19(16,17)15-10-8-14(3)9-11-15/h8-11,13H,4-7,12H2,1-3H3. The van der Waals surface area contributed by atoms with Gasteiger partial charge in [-0.15, -0.1) is 0 Å². The number of hydrogen-bond donors (Lipinski definition) is 0. The van der Waals surface area contributed by atoms with Gasteiger partial charge in [-0.2, -0.15) is 8.42 Å². The van der Waals surface area contributed by atoms with E-state index in [1.165, 1.54) is 6.42 Å². The fourth-order valence-corrected chi connectivity index (χ4v) is 2.72. The highest BCUT2D eigenvalue weighted by Crippen LogP contribution is 2.14. The van der Waals surface area contributed by atoms with Crippen LogP contribution in [-0.2, 0) is 14.3 Å². The summed E-state index contributed by atoms with van der Waals surface area (Å²) in [6.07, 6.45) is 4.12. The second-order valence-corrected chi connectivity index (χ2v) is 6.95. The van der Waals surface area contributed by atoms with Crippen molar-refractivity contribution in [3.8, 4) is 0 Å². The van der Waals surface area contributed by atoms with Crippen molar-refractivity contribution in [2.45, 2.75) is 51.3 Å². The molecule has 0 heterocycles. The van der Waals surface area contributed by atoms with Gasteiger partial charge in [-0.05, 0) is 31.4 Å². The van der Waals surface area contributed by atoms with Crippen molar-refractivity contribution in [3.63, 3.8) is 0 Å². The highest BCUT2D eigenvalue weighted by molar-refractivity contribution is 7.86. The number of aryl methyl sites for hydroxylation is 1. The maximum atomic E-state index is 11.9. The van der Waals surface area contributed by atoms with Crippen LogP contribution in [0.2, 0.25) is 0 Å². The Morgan fingerprint density at radius 2 is 1.68 bits per heavy atom. The minimum absolute atomic E-state index is 0.236. The topological polar surface area (TPSA) is 43.4 Å². The minimum Gasteiger partial charge on any atom is -0.266 e. The second kappa shape index (κ2) is 7.65. The smallest absolute Gasteiger partial charge is 0.266 e. The molecule has 108 valence electrons. The molecule has 0 unspecified atom stereocenters. The molecule has 0 spiro atoms. The molecule has 4 heteroatoms. The van der Waals surface area contributed by atoms with E-state index in [2.05, 4.69) is 13.8 Å². The van der Waals surface area contributed by atoms with Crippen LogP contribution in [0.3, 0.4) is 0 Å². The lowest BCUT2D eigenvalue weighted by Crippen LogP contribution is -2.07. The number of hydrogen-bond acceptors (Lipinski definition) is 3. The van der Waals surface area contributed by atoms with Crippen LogP contribution in [0.4, 0.5) is 0 Å². The first-order valence-electron chi connectivity index (χ1n) is 6.88. The maximum Gasteiger partial charge on any atom is 0.296 e. The summed E-state index contributed by atoms with van der Waals surface area (Å²) >= 11 is 0. The van der Waals surface area contributed by atoms with Gasteiger partial charge in [-0.3, -0.25) is 4.18 Å². The Bertz CT molecular complexity index is 461. The third kappa shape index (κ3) is 6.21. The van der Waals surface area contributed by atoms with E-state index in [1.807, 2.05) is 6.92 Å². The molecule has 3 nitrogen and oxygen atoms in total. The largest absolute Gasteiger partial charge is 0.296 e. The molecule has 0 saturated carbocycles. The first-order valence-corrected chi connectivity index (χ1v) is 8.29. The van der Waals surface area contributed by atoms with Crippen LogP contribution in [0.5, 0.6) is 0 Å². The van der Waals surface area contributed by atoms with Crippen molar-refractivity contribution in [1.29, 1.82) is 0 Å². The molecule has 1 aromatic rings. The van der Waals surface area contributed by atoms with Crippen LogP contribution >= 0.6 is 0 Å². The summed E-state index contributed by atoms with van der Waals surface area (Å²) in [6.45, 7) is 6.58. The zero-order chi connectivity index (χ0) is 14.3. The van der Waals surface area contributed by atoms with Crippen LogP contribution in [0.15, 0.2) is 29.2 Å². The van der Waals surface area contributed by atoms with E-state index in [-0.39, 0.29) is 11.5 Å². The van der Waals surface area contributed by atoms with Crippen LogP contribution in [0, 0.1) is 12.8 Å². The summed E-state index contributed by atoms with van der Waals surface area (Å²) in [6, 6.07) is 6.73. The van der Waals surface area contributed by atoms with Gasteiger partial charge in [0.15, 0.2) is 0 Å². The average molecular weight is 284 g/mol. The first-order chi connectivity index (χ1) is 8.92. The third-order valence-corrected chi connectivity index (χ3v) is 4.30. The minimum atomic E-state index is -3.58. The monoisotopic (exact) mass is 284 g/mol. The molecule has 1 aromatic carbocycles. The molecular weight excluding hydrogens is 260 g/mol. The molecule has 0 aliphatic rings. The first kappa shape index (κ1) is 16.2. The third-order valence-electron chi connectivity index (χ3n) is 2.97. The van der Waals surface area contributed by atoms with Crippen molar-refractivity contribution in [2.75, 3.05) is 6.61 Å². The fraction of sp³-hybridized carbons (Fsp3) is 0.600. The molecule has 0 bridgehead atoms. The molecule has 0 fully saturated rings. The number of unbranched alkanes of at least 4 members (excludes halogenated alkanes) is 2. The molecule has 0 aliphatic heterocycles. The normalized spacial score (nSPS) is 12.0. The molecule has 1 rings (SSSR count). The lowest BCUT2D eigenvalue weighted by Gasteiger charge is -2.07. The Morgan fingerprint density at radius 3 is 2.26 bits per heavy atom. The summed E-state index contributed by atoms with van der Waals surface area (Å²) in [5.74, 6) is 0.706. The van der Waals surface area contributed by atoms with E-state index in [1.54, 1.807) is 24.3 Å². The lowest BCUT2D eigenvalue weighted by atomic mass is 10.1. The van der Waals surface area contributed by atoms with Crippen molar-refractivity contribution in [2.24, 2.45) is 5.92 Å². The summed E-state index contributed by atoms with van der Waals surface area (Å²) in [5.41, 5.74) is 1.03. The highest BCUT2D eigenvalue weighted by atomic mass is 32.2. The van der Waals surface area contributed by atoms with Crippen LogP contribution in [0.1, 0.15) is 45.1 Å². The molecule has 0 atom stereocenters. The van der Waals surface area contributed by atoms with Gasteiger partial charge in [0.2, 0.25) is 0 Å². The van der Waals surface area contributed by atoms with Crippen molar-refractivity contribution in [3.05, 3.63) is 29.8 Å². The Labute approximate surface area is 117 Å². The molecule has 0 aliphatic carbocycles. The summed E-state index contributed by atoms with van der Waals surface area (Å²) in [5, 5.41) is 0. The summed E-state index contributed by atoms with van der Waals surface area (Å²) < 4.78 is 28.8. The second-order valence-electron chi connectivity index (χ2n) is 5.33. The van der Waals surface area contributed by atoms with E-state index < -0.39 is 10.1 Å². The van der Waals surface area contributed by atoms with E-state index in [4.69, 9.17) is 4.18 Å². The van der Waals surface area contributed by atoms with E-state index >= 15 is 0 Å². The molecule has 0 aromatic heterocycles. The maximum absolute atomic E-state index is 11.9. The SMILES string of the molecule is Cc1ccc(S(=O)(=O)OCCCCCC(C)C)cc1. The van der Waals surface area contributed by atoms with Crippen LogP contribution in [0.25, 0.3) is 0 Å². The molecule has 0 amide bonds. The van der Waals surface area contributed by atoms with Gasteiger partial charge in [0, 0.05) is 0 Å². The summed E-state index contributed by atoms with van der Waals surface area (Å²) in [4.78, 5) is 0.236. The van der Waals surface area contributed by atoms with Gasteiger partial charge in [-0.1, -0.05) is 50.8 Å². The van der Waals surface area contributed by atoms with Crippen molar-refractivity contribution < 1.29 is 12.6 Å². The fourth-order valence-electron chi connectivity index (χ4n) is 1.77. The van der Waals surface area contributed by atoms with Gasteiger partial charge in [0.05, 0.1) is 11.5 Å². The lowest BCUT2D eigenvalue weighted by molar-refractivity contribution is 0.305. The highest BCUT2D eigenvalue weighted by Gasteiger charge is 2.14. The van der Waals surface area contributed by atoms with Gasteiger partial charge in [-0.25, -0.2) is 0 Å². The van der Waals surface area contributed by atoms with Crippen LogP contribution in [-0.4, -0.2) is 15.0 Å².